The van der Waals surface area contributed by atoms with Crippen LogP contribution in [-0.4, -0.2) is 42.1 Å². The van der Waals surface area contributed by atoms with Crippen molar-refractivity contribution in [3.8, 4) is 17.6 Å². The Labute approximate surface area is 161 Å². The molecule has 1 heterocycles. The van der Waals surface area contributed by atoms with E-state index in [0.717, 1.165) is 11.1 Å². The number of ether oxygens (including phenoxy) is 2. The second kappa shape index (κ2) is 8.60. The lowest BCUT2D eigenvalue weighted by atomic mass is 10.2. The summed E-state index contributed by atoms with van der Waals surface area (Å²) < 4.78 is 10.4. The van der Waals surface area contributed by atoms with Gasteiger partial charge in [-0.1, -0.05) is 17.3 Å². The monoisotopic (exact) mass is 378 g/mol. The van der Waals surface area contributed by atoms with Gasteiger partial charge in [0, 0.05) is 5.56 Å². The number of hydrogen-bond donors (Lipinski definition) is 2. The first-order valence-corrected chi connectivity index (χ1v) is 8.31. The summed E-state index contributed by atoms with van der Waals surface area (Å²) in [4.78, 5) is 12.4. The first-order chi connectivity index (χ1) is 13.7. The van der Waals surface area contributed by atoms with Gasteiger partial charge in [-0.05, 0) is 30.3 Å². The van der Waals surface area contributed by atoms with E-state index < -0.39 is 0 Å². The number of para-hydroxylation sites is 2. The predicted molar refractivity (Wildman–Crippen MR) is 104 cm³/mol. The smallest absolute Gasteiger partial charge is 0.175 e. The molecular formula is C20H18N4O4. The highest BCUT2D eigenvalue weighted by atomic mass is 16.6. The van der Waals surface area contributed by atoms with Gasteiger partial charge in [-0.15, -0.1) is 0 Å². The molecule has 0 amide bonds. The van der Waals surface area contributed by atoms with Crippen molar-refractivity contribution in [3.63, 3.8) is 0 Å². The van der Waals surface area contributed by atoms with Gasteiger partial charge < -0.3 is 24.4 Å². The summed E-state index contributed by atoms with van der Waals surface area (Å²) in [5.74, 6) is 1.16. The number of nitrogens with zero attached hydrogens (tertiary/aromatic N) is 3. The summed E-state index contributed by atoms with van der Waals surface area (Å²) in [6.45, 7) is -0.274. The zero-order valence-corrected chi connectivity index (χ0v) is 15.3. The normalized spacial score (nSPS) is 11.9. The van der Waals surface area contributed by atoms with E-state index in [1.807, 2.05) is 30.3 Å². The standard InChI is InChI=1S/C20H18N4O4/c1-26-18-8-7-13(9-19(18)27-2)11-22-28-12-17(25)14(10-21)20-23-15-5-3-4-6-16(15)24-20/h3-9,11,25H,12H2,1-2H3,(H,23,24)/b17-14?,22-11-. The highest BCUT2D eigenvalue weighted by molar-refractivity contribution is 5.83. The van der Waals surface area contributed by atoms with Crippen LogP contribution in [0.1, 0.15) is 11.4 Å². The minimum Gasteiger partial charge on any atom is -0.507 e. The van der Waals surface area contributed by atoms with Crippen molar-refractivity contribution in [2.45, 2.75) is 0 Å². The fraction of sp³-hybridized carbons (Fsp3) is 0.150. The number of fused-ring (bicyclic) bond motifs is 1. The molecule has 2 N–H and O–H groups in total. The molecule has 1 aromatic heterocycles. The van der Waals surface area contributed by atoms with Crippen LogP contribution in [0.3, 0.4) is 0 Å². The summed E-state index contributed by atoms with van der Waals surface area (Å²) >= 11 is 0. The highest BCUT2D eigenvalue weighted by Crippen LogP contribution is 2.27. The van der Waals surface area contributed by atoms with Crippen LogP contribution in [0.15, 0.2) is 53.4 Å². The zero-order valence-electron chi connectivity index (χ0n) is 15.3. The molecule has 8 heteroatoms. The van der Waals surface area contributed by atoms with Gasteiger partial charge in [0.2, 0.25) is 0 Å². The molecule has 0 atom stereocenters. The molecule has 0 aliphatic rings. The van der Waals surface area contributed by atoms with E-state index in [2.05, 4.69) is 15.1 Å². The van der Waals surface area contributed by atoms with Crippen LogP contribution >= 0.6 is 0 Å². The molecule has 142 valence electrons. The number of methoxy groups -OCH3 is 2. The number of aliphatic hydroxyl groups is 1. The fourth-order valence-corrected chi connectivity index (χ4v) is 2.53. The van der Waals surface area contributed by atoms with E-state index in [0.29, 0.717) is 17.0 Å². The Hall–Kier alpha value is -3.99. The number of rotatable bonds is 7. The molecule has 0 fully saturated rings. The van der Waals surface area contributed by atoms with E-state index >= 15 is 0 Å². The number of benzene rings is 2. The number of aromatic nitrogens is 2. The van der Waals surface area contributed by atoms with Gasteiger partial charge in [-0.2, -0.15) is 5.26 Å². The maximum Gasteiger partial charge on any atom is 0.175 e. The van der Waals surface area contributed by atoms with E-state index in [1.54, 1.807) is 32.4 Å². The van der Waals surface area contributed by atoms with Crippen molar-refractivity contribution in [1.29, 1.82) is 5.26 Å². The number of aromatic amines is 1. The molecule has 0 spiro atoms. The van der Waals surface area contributed by atoms with Crippen LogP contribution in [-0.2, 0) is 4.84 Å². The maximum absolute atomic E-state index is 10.2. The van der Waals surface area contributed by atoms with Crippen LogP contribution in [0.4, 0.5) is 0 Å². The van der Waals surface area contributed by atoms with Gasteiger partial charge in [0.1, 0.15) is 11.6 Å². The summed E-state index contributed by atoms with van der Waals surface area (Å²) in [5.41, 5.74) is 2.19. The lowest BCUT2D eigenvalue weighted by Gasteiger charge is -2.07. The van der Waals surface area contributed by atoms with E-state index in [-0.39, 0.29) is 23.8 Å². The quantitative estimate of drug-likeness (QED) is 0.282. The largest absolute Gasteiger partial charge is 0.507 e. The number of nitriles is 1. The number of aliphatic hydroxyl groups excluding tert-OH is 1. The first kappa shape index (κ1) is 18.8. The van der Waals surface area contributed by atoms with Crippen molar-refractivity contribution < 1.29 is 19.4 Å². The van der Waals surface area contributed by atoms with Crippen molar-refractivity contribution in [2.24, 2.45) is 5.16 Å². The average Bonchev–Trinajstić information content (AvgIpc) is 3.15. The topological polar surface area (TPSA) is 113 Å². The molecular weight excluding hydrogens is 360 g/mol. The van der Waals surface area contributed by atoms with E-state index in [1.165, 1.54) is 6.21 Å². The van der Waals surface area contributed by atoms with Gasteiger partial charge in [0.25, 0.3) is 0 Å². The Bertz CT molecular complexity index is 1050. The van der Waals surface area contributed by atoms with Crippen LogP contribution < -0.4 is 9.47 Å². The molecule has 3 aromatic rings. The lowest BCUT2D eigenvalue weighted by Crippen LogP contribution is -1.99. The molecule has 0 aliphatic carbocycles. The predicted octanol–water partition coefficient (Wildman–Crippen LogP) is 3.42. The van der Waals surface area contributed by atoms with Crippen LogP contribution in [0.5, 0.6) is 11.5 Å². The van der Waals surface area contributed by atoms with E-state index in [9.17, 15) is 10.4 Å². The first-order valence-electron chi connectivity index (χ1n) is 8.31. The molecule has 0 unspecified atom stereocenters. The second-order valence-corrected chi connectivity index (χ2v) is 5.66. The average molecular weight is 378 g/mol. The van der Waals surface area contributed by atoms with Crippen LogP contribution in [0.2, 0.25) is 0 Å². The van der Waals surface area contributed by atoms with Crippen LogP contribution in [0.25, 0.3) is 16.6 Å². The molecule has 8 nitrogen and oxygen atoms in total. The SMILES string of the molecule is COc1ccc(/C=N\OCC(O)=C(C#N)c2nc3ccccc3[nH]2)cc1OC. The highest BCUT2D eigenvalue weighted by Gasteiger charge is 2.13. The molecule has 2 aromatic carbocycles. The van der Waals surface area contributed by atoms with Gasteiger partial charge in [-0.25, -0.2) is 4.98 Å². The third kappa shape index (κ3) is 4.04. The number of nitrogens with one attached hydrogen (secondary N) is 1. The molecule has 0 saturated carbocycles. The number of H-pyrrole nitrogens is 1. The maximum atomic E-state index is 10.2. The van der Waals surface area contributed by atoms with Crippen LogP contribution in [0, 0.1) is 11.3 Å². The summed E-state index contributed by atoms with van der Waals surface area (Å²) in [6, 6.07) is 14.5. The third-order valence-corrected chi connectivity index (χ3v) is 3.91. The van der Waals surface area contributed by atoms with Gasteiger partial charge in [0.15, 0.2) is 29.7 Å². The summed E-state index contributed by atoms with van der Waals surface area (Å²) in [6.07, 6.45) is 1.46. The number of imidazole rings is 1. The van der Waals surface area contributed by atoms with Crippen molar-refractivity contribution >= 4 is 22.8 Å². The van der Waals surface area contributed by atoms with Crippen molar-refractivity contribution in [1.82, 2.24) is 9.97 Å². The Morgan fingerprint density at radius 2 is 2.00 bits per heavy atom. The van der Waals surface area contributed by atoms with Crippen molar-refractivity contribution in [3.05, 3.63) is 59.6 Å². The minimum atomic E-state index is -0.274. The number of allylic oxidation sites excluding steroid dienone is 1. The van der Waals surface area contributed by atoms with E-state index in [4.69, 9.17) is 14.3 Å². The van der Waals surface area contributed by atoms with Gasteiger partial charge in [0.05, 0.1) is 31.5 Å². The third-order valence-electron chi connectivity index (χ3n) is 3.91. The molecule has 0 radical (unpaired) electrons. The van der Waals surface area contributed by atoms with Crippen molar-refractivity contribution in [2.75, 3.05) is 20.8 Å². The van der Waals surface area contributed by atoms with Gasteiger partial charge >= 0.3 is 0 Å². The molecule has 0 saturated heterocycles. The zero-order chi connectivity index (χ0) is 19.9. The number of hydrogen-bond acceptors (Lipinski definition) is 7. The molecule has 0 bridgehead atoms. The Kier molecular flexibility index (Phi) is 5.77. The molecule has 28 heavy (non-hydrogen) atoms. The number of oxime groups is 1. The minimum absolute atomic E-state index is 0.00230. The summed E-state index contributed by atoms with van der Waals surface area (Å²) in [5, 5.41) is 23.4. The Morgan fingerprint density at radius 1 is 1.21 bits per heavy atom. The Balaban J connectivity index is 1.70. The summed E-state index contributed by atoms with van der Waals surface area (Å²) in [7, 11) is 3.10. The van der Waals surface area contributed by atoms with Gasteiger partial charge in [-0.3, -0.25) is 0 Å². The second-order valence-electron chi connectivity index (χ2n) is 5.66. The lowest BCUT2D eigenvalue weighted by molar-refractivity contribution is 0.139. The molecule has 0 aliphatic heterocycles. The fourth-order valence-electron chi connectivity index (χ4n) is 2.53. The molecule has 3 rings (SSSR count). The Morgan fingerprint density at radius 3 is 2.71 bits per heavy atom.